The average molecular weight is 479 g/mol. The number of aromatic nitrogens is 1. The molecule has 3 aromatic carbocycles. The van der Waals surface area contributed by atoms with Crippen LogP contribution < -0.4 is 9.46 Å². The van der Waals surface area contributed by atoms with E-state index in [1.54, 1.807) is 30.3 Å². The molecule has 0 aliphatic heterocycles. The largest absolute Gasteiger partial charge is 0.512 e. The Morgan fingerprint density at radius 2 is 1.68 bits per heavy atom. The van der Waals surface area contributed by atoms with E-state index in [0.717, 1.165) is 16.7 Å². The Balaban J connectivity index is 1.77. The number of aryl methyl sites for hydroxylation is 1. The van der Waals surface area contributed by atoms with Crippen LogP contribution in [0.25, 0.3) is 22.0 Å². The third kappa shape index (κ3) is 4.63. The van der Waals surface area contributed by atoms with Gasteiger partial charge in [0.15, 0.2) is 0 Å². The van der Waals surface area contributed by atoms with Crippen molar-refractivity contribution < 1.29 is 23.1 Å². The molecule has 0 unspecified atom stereocenters. The number of anilines is 1. The summed E-state index contributed by atoms with van der Waals surface area (Å²) in [6.45, 7) is 8.10. The van der Waals surface area contributed by atoms with Gasteiger partial charge in [-0.3, -0.25) is 4.72 Å². The molecule has 0 atom stereocenters. The second-order valence-corrected chi connectivity index (χ2v) is 10.8. The lowest BCUT2D eigenvalue weighted by Gasteiger charge is -2.19. The molecule has 0 bridgehead atoms. The van der Waals surface area contributed by atoms with Gasteiger partial charge in [0.1, 0.15) is 0 Å². The molecule has 0 saturated carbocycles. The van der Waals surface area contributed by atoms with Crippen molar-refractivity contribution >= 4 is 32.8 Å². The van der Waals surface area contributed by atoms with Gasteiger partial charge in [0.2, 0.25) is 5.88 Å². The third-order valence-corrected chi connectivity index (χ3v) is 7.05. The smallest absolute Gasteiger partial charge is 0.449 e. The molecule has 0 fully saturated rings. The van der Waals surface area contributed by atoms with E-state index in [1.165, 1.54) is 0 Å². The number of nitrogens with one attached hydrogen (secondary N) is 2. The summed E-state index contributed by atoms with van der Waals surface area (Å²) in [5.41, 5.74) is 4.16. The number of rotatable bonds is 5. The molecule has 7 nitrogen and oxygen atoms in total. The summed E-state index contributed by atoms with van der Waals surface area (Å²) in [7, 11) is -3.83. The van der Waals surface area contributed by atoms with Gasteiger partial charge in [0.05, 0.1) is 10.5 Å². The fourth-order valence-corrected chi connectivity index (χ4v) is 4.91. The standard InChI is InChI=1S/C26H26N2O5S/c1-16-7-5-6-8-20(16)23-21-15-18(11-14-22(21)27-24(23)33-25(29)30)28-34(31,32)19-12-9-17(10-13-19)26(2,3)4/h5-15,27-28H,1-4H3,(H,29,30). The molecule has 0 aliphatic carbocycles. The van der Waals surface area contributed by atoms with Crippen LogP contribution in [-0.4, -0.2) is 24.7 Å². The molecule has 4 rings (SSSR count). The number of fused-ring (bicyclic) bond motifs is 1. The number of H-pyrrole nitrogens is 1. The van der Waals surface area contributed by atoms with Crippen LogP contribution >= 0.6 is 0 Å². The average Bonchev–Trinajstić information content (AvgIpc) is 3.09. The number of hydrogen-bond donors (Lipinski definition) is 3. The summed E-state index contributed by atoms with van der Waals surface area (Å²) in [6.07, 6.45) is -1.44. The lowest BCUT2D eigenvalue weighted by Crippen LogP contribution is -2.14. The highest BCUT2D eigenvalue weighted by Gasteiger charge is 2.21. The van der Waals surface area contributed by atoms with Gasteiger partial charge in [-0.2, -0.15) is 0 Å². The fourth-order valence-electron chi connectivity index (χ4n) is 3.86. The molecule has 1 aromatic heterocycles. The van der Waals surface area contributed by atoms with Gasteiger partial charge in [-0.05, 0) is 59.4 Å². The van der Waals surface area contributed by atoms with Crippen LogP contribution in [0.3, 0.4) is 0 Å². The molecule has 3 N–H and O–H groups in total. The number of sulfonamides is 1. The van der Waals surface area contributed by atoms with E-state index in [-0.39, 0.29) is 16.2 Å². The van der Waals surface area contributed by atoms with Crippen LogP contribution in [0, 0.1) is 6.92 Å². The van der Waals surface area contributed by atoms with Gasteiger partial charge in [-0.1, -0.05) is 57.2 Å². The summed E-state index contributed by atoms with van der Waals surface area (Å²) in [6, 6.07) is 19.3. The Morgan fingerprint density at radius 1 is 1.00 bits per heavy atom. The second kappa shape index (κ2) is 8.53. The lowest BCUT2D eigenvalue weighted by atomic mass is 9.87. The number of carbonyl (C=O) groups is 1. The first kappa shape index (κ1) is 23.4. The number of benzene rings is 3. The third-order valence-electron chi connectivity index (χ3n) is 5.65. The zero-order valence-electron chi connectivity index (χ0n) is 19.3. The van der Waals surface area contributed by atoms with Crippen LogP contribution in [0.2, 0.25) is 0 Å². The number of carboxylic acid groups (broad SMARTS) is 1. The molecule has 176 valence electrons. The Labute approximate surface area is 198 Å². The molecule has 4 aromatic rings. The molecule has 0 aliphatic rings. The number of ether oxygens (including phenoxy) is 1. The van der Waals surface area contributed by atoms with Gasteiger partial charge in [-0.25, -0.2) is 13.2 Å². The Bertz CT molecular complexity index is 1480. The van der Waals surface area contributed by atoms with E-state index in [9.17, 15) is 18.3 Å². The maximum atomic E-state index is 13.0. The molecule has 8 heteroatoms. The van der Waals surface area contributed by atoms with Crippen molar-refractivity contribution in [1.82, 2.24) is 4.98 Å². The van der Waals surface area contributed by atoms with E-state index in [1.807, 2.05) is 43.3 Å². The van der Waals surface area contributed by atoms with Gasteiger partial charge < -0.3 is 14.8 Å². The fraction of sp³-hybridized carbons (Fsp3) is 0.192. The van der Waals surface area contributed by atoms with Crippen molar-refractivity contribution in [3.8, 4) is 17.0 Å². The highest BCUT2D eigenvalue weighted by Crippen LogP contribution is 2.40. The van der Waals surface area contributed by atoms with Crippen LogP contribution in [0.15, 0.2) is 71.6 Å². The van der Waals surface area contributed by atoms with Gasteiger partial charge in [0.25, 0.3) is 10.0 Å². The van der Waals surface area contributed by atoms with Gasteiger partial charge in [0, 0.05) is 16.6 Å². The van der Waals surface area contributed by atoms with Crippen LogP contribution in [0.1, 0.15) is 31.9 Å². The highest BCUT2D eigenvalue weighted by molar-refractivity contribution is 7.92. The summed E-state index contributed by atoms with van der Waals surface area (Å²) in [5.74, 6) is 0.0783. The monoisotopic (exact) mass is 478 g/mol. The van der Waals surface area contributed by atoms with Crippen molar-refractivity contribution in [2.45, 2.75) is 38.0 Å². The second-order valence-electron chi connectivity index (χ2n) is 9.15. The van der Waals surface area contributed by atoms with Gasteiger partial charge in [-0.15, -0.1) is 0 Å². The van der Waals surface area contributed by atoms with Crippen molar-refractivity contribution in [1.29, 1.82) is 0 Å². The molecular weight excluding hydrogens is 452 g/mol. The van der Waals surface area contributed by atoms with Crippen LogP contribution in [0.5, 0.6) is 5.88 Å². The topological polar surface area (TPSA) is 108 Å². The van der Waals surface area contributed by atoms with E-state index >= 15 is 0 Å². The summed E-state index contributed by atoms with van der Waals surface area (Å²) < 4.78 is 33.7. The molecule has 0 spiro atoms. The lowest BCUT2D eigenvalue weighted by molar-refractivity contribution is 0.143. The predicted molar refractivity (Wildman–Crippen MR) is 133 cm³/mol. The van der Waals surface area contributed by atoms with Crippen LogP contribution in [0.4, 0.5) is 10.5 Å². The minimum absolute atomic E-state index is 0.0783. The van der Waals surface area contributed by atoms with E-state index in [4.69, 9.17) is 4.74 Å². The first-order valence-electron chi connectivity index (χ1n) is 10.7. The number of aromatic amines is 1. The zero-order valence-corrected chi connectivity index (χ0v) is 20.2. The first-order valence-corrected chi connectivity index (χ1v) is 12.2. The highest BCUT2D eigenvalue weighted by atomic mass is 32.2. The summed E-state index contributed by atoms with van der Waals surface area (Å²) in [5, 5.41) is 9.84. The van der Waals surface area contributed by atoms with Crippen molar-refractivity contribution in [2.24, 2.45) is 0 Å². The van der Waals surface area contributed by atoms with E-state index in [0.29, 0.717) is 22.2 Å². The molecule has 0 radical (unpaired) electrons. The Hall–Kier alpha value is -3.78. The molecular formula is C26H26N2O5S. The maximum Gasteiger partial charge on any atom is 0.512 e. The Kier molecular flexibility index (Phi) is 5.87. The van der Waals surface area contributed by atoms with E-state index < -0.39 is 16.2 Å². The molecule has 1 heterocycles. The zero-order chi connectivity index (χ0) is 24.7. The Morgan fingerprint density at radius 3 is 2.29 bits per heavy atom. The predicted octanol–water partition coefficient (Wildman–Crippen LogP) is 6.30. The van der Waals surface area contributed by atoms with Crippen LogP contribution in [-0.2, 0) is 15.4 Å². The van der Waals surface area contributed by atoms with Crippen molar-refractivity contribution in [3.63, 3.8) is 0 Å². The first-order chi connectivity index (χ1) is 16.0. The van der Waals surface area contributed by atoms with Crippen molar-refractivity contribution in [3.05, 3.63) is 77.9 Å². The number of hydrogen-bond acceptors (Lipinski definition) is 4. The summed E-state index contributed by atoms with van der Waals surface area (Å²) >= 11 is 0. The molecule has 0 amide bonds. The van der Waals surface area contributed by atoms with Gasteiger partial charge >= 0.3 is 6.16 Å². The molecule has 0 saturated heterocycles. The SMILES string of the molecule is Cc1ccccc1-c1c(OC(=O)O)[nH]c2ccc(NS(=O)(=O)c3ccc(C(C)(C)C)cc3)cc12. The molecule has 34 heavy (non-hydrogen) atoms. The van der Waals surface area contributed by atoms with E-state index in [2.05, 4.69) is 30.5 Å². The quantitative estimate of drug-likeness (QED) is 0.292. The maximum absolute atomic E-state index is 13.0. The van der Waals surface area contributed by atoms with Crippen molar-refractivity contribution in [2.75, 3.05) is 4.72 Å². The minimum atomic E-state index is -3.83. The minimum Gasteiger partial charge on any atom is -0.449 e. The summed E-state index contributed by atoms with van der Waals surface area (Å²) in [4.78, 5) is 14.4. The normalized spacial score (nSPS) is 12.0.